The van der Waals surface area contributed by atoms with Crippen molar-refractivity contribution >= 4 is 15.9 Å². The highest BCUT2D eigenvalue weighted by atomic mass is 32.2. The molecule has 0 aromatic carbocycles. The van der Waals surface area contributed by atoms with Crippen LogP contribution in [-0.2, 0) is 14.8 Å². The van der Waals surface area contributed by atoms with Crippen molar-refractivity contribution in [1.82, 2.24) is 9.62 Å². The van der Waals surface area contributed by atoms with E-state index in [1.165, 1.54) is 12.7 Å². The highest BCUT2D eigenvalue weighted by Gasteiger charge is 2.34. The van der Waals surface area contributed by atoms with E-state index in [0.717, 1.165) is 38.5 Å². The number of nitrogens with two attached hydrogens (primary N) is 1. The van der Waals surface area contributed by atoms with Gasteiger partial charge in [-0.15, -0.1) is 0 Å². The summed E-state index contributed by atoms with van der Waals surface area (Å²) in [4.78, 5) is 14.2. The third-order valence-electron chi connectivity index (χ3n) is 4.92. The molecule has 7 heteroatoms. The van der Waals surface area contributed by atoms with E-state index in [4.69, 9.17) is 5.73 Å². The molecule has 0 radical (unpaired) electrons. The second kappa shape index (κ2) is 6.62. The first-order valence-corrected chi connectivity index (χ1v) is 9.66. The van der Waals surface area contributed by atoms with Crippen molar-refractivity contribution in [3.05, 3.63) is 0 Å². The van der Waals surface area contributed by atoms with Crippen molar-refractivity contribution in [2.45, 2.75) is 63.1 Å². The van der Waals surface area contributed by atoms with Crippen molar-refractivity contribution in [2.75, 3.05) is 13.3 Å². The zero-order valence-electron chi connectivity index (χ0n) is 12.9. The highest BCUT2D eigenvalue weighted by molar-refractivity contribution is 7.88. The monoisotopic (exact) mass is 317 g/mol. The minimum atomic E-state index is -3.15. The van der Waals surface area contributed by atoms with E-state index >= 15 is 0 Å². The van der Waals surface area contributed by atoms with E-state index < -0.39 is 16.1 Å². The Balaban J connectivity index is 1.82. The number of nitrogens with zero attached hydrogens (tertiary/aromatic N) is 1. The fourth-order valence-electron chi connectivity index (χ4n) is 3.29. The first-order valence-electron chi connectivity index (χ1n) is 7.77. The minimum Gasteiger partial charge on any atom is -0.341 e. The molecule has 0 bridgehead atoms. The summed E-state index contributed by atoms with van der Waals surface area (Å²) in [6, 6.07) is -0.0931. The van der Waals surface area contributed by atoms with Crippen LogP contribution in [0.2, 0.25) is 0 Å². The Labute approximate surface area is 127 Å². The Morgan fingerprint density at radius 1 is 1.19 bits per heavy atom. The molecule has 122 valence electrons. The quantitative estimate of drug-likeness (QED) is 0.769. The summed E-state index contributed by atoms with van der Waals surface area (Å²) >= 11 is 0. The van der Waals surface area contributed by atoms with Gasteiger partial charge in [0.2, 0.25) is 15.9 Å². The van der Waals surface area contributed by atoms with Crippen LogP contribution < -0.4 is 10.5 Å². The molecular formula is C14H27N3O3S. The van der Waals surface area contributed by atoms with Crippen LogP contribution in [0, 0.1) is 5.92 Å². The van der Waals surface area contributed by atoms with Gasteiger partial charge < -0.3 is 10.6 Å². The number of likely N-dealkylation sites (N-methyl/N-ethyl adjacent to an activating group) is 1. The summed E-state index contributed by atoms with van der Waals surface area (Å²) in [7, 11) is -1.30. The van der Waals surface area contributed by atoms with Crippen LogP contribution in [0.3, 0.4) is 0 Å². The Hall–Kier alpha value is -0.660. The third kappa shape index (κ3) is 4.40. The second-order valence-electron chi connectivity index (χ2n) is 6.56. The number of hydrogen-bond acceptors (Lipinski definition) is 4. The molecular weight excluding hydrogens is 290 g/mol. The van der Waals surface area contributed by atoms with Crippen LogP contribution in [0.25, 0.3) is 0 Å². The van der Waals surface area contributed by atoms with Gasteiger partial charge in [-0.2, -0.15) is 0 Å². The van der Waals surface area contributed by atoms with Gasteiger partial charge in [0.05, 0.1) is 12.3 Å². The van der Waals surface area contributed by atoms with Crippen LogP contribution in [-0.4, -0.2) is 50.7 Å². The topological polar surface area (TPSA) is 92.5 Å². The van der Waals surface area contributed by atoms with Gasteiger partial charge in [-0.25, -0.2) is 13.1 Å². The lowest BCUT2D eigenvalue weighted by atomic mass is 9.81. The lowest BCUT2D eigenvalue weighted by molar-refractivity contribution is -0.136. The van der Waals surface area contributed by atoms with Gasteiger partial charge in [0.15, 0.2) is 0 Å². The summed E-state index contributed by atoms with van der Waals surface area (Å²) in [6.45, 7) is 0. The smallest absolute Gasteiger partial charge is 0.239 e. The van der Waals surface area contributed by atoms with Gasteiger partial charge in [0.25, 0.3) is 0 Å². The second-order valence-corrected chi connectivity index (χ2v) is 8.34. The van der Waals surface area contributed by atoms with Crippen molar-refractivity contribution < 1.29 is 13.2 Å². The standard InChI is InChI=1S/C14H27N3O3S/c1-17(12-4-3-5-12)14(18)13(15)10-6-8-11(9-7-10)16-21(2,19)20/h10-13,16H,3-9,15H2,1-2H3. The fourth-order valence-corrected chi connectivity index (χ4v) is 4.13. The van der Waals surface area contributed by atoms with Crippen LogP contribution in [0.1, 0.15) is 44.9 Å². The first-order chi connectivity index (χ1) is 9.78. The zero-order chi connectivity index (χ0) is 15.6. The number of carbonyl (C=O) groups is 1. The number of carbonyl (C=O) groups excluding carboxylic acids is 1. The largest absolute Gasteiger partial charge is 0.341 e. The summed E-state index contributed by atoms with van der Waals surface area (Å²) in [6.07, 6.45) is 7.66. The van der Waals surface area contributed by atoms with Crippen LogP contribution in [0.5, 0.6) is 0 Å². The summed E-state index contributed by atoms with van der Waals surface area (Å²) < 4.78 is 25.1. The molecule has 0 heterocycles. The van der Waals surface area contributed by atoms with Gasteiger partial charge >= 0.3 is 0 Å². The number of hydrogen-bond donors (Lipinski definition) is 2. The molecule has 1 unspecified atom stereocenters. The maximum absolute atomic E-state index is 12.4. The Morgan fingerprint density at radius 2 is 1.76 bits per heavy atom. The average molecular weight is 317 g/mol. The van der Waals surface area contributed by atoms with Crippen molar-refractivity contribution in [1.29, 1.82) is 0 Å². The first kappa shape index (κ1) is 16.7. The van der Waals surface area contributed by atoms with E-state index in [0.29, 0.717) is 6.04 Å². The maximum Gasteiger partial charge on any atom is 0.239 e. The number of nitrogens with one attached hydrogen (secondary N) is 1. The zero-order valence-corrected chi connectivity index (χ0v) is 13.7. The van der Waals surface area contributed by atoms with E-state index in [9.17, 15) is 13.2 Å². The summed E-state index contributed by atoms with van der Waals surface area (Å²) in [5, 5.41) is 0. The molecule has 1 amide bonds. The Morgan fingerprint density at radius 3 is 2.19 bits per heavy atom. The molecule has 0 saturated heterocycles. The number of rotatable bonds is 5. The normalized spacial score (nSPS) is 28.7. The Kier molecular flexibility index (Phi) is 5.27. The summed E-state index contributed by atoms with van der Waals surface area (Å²) in [5.41, 5.74) is 6.15. The predicted molar refractivity (Wildman–Crippen MR) is 82.1 cm³/mol. The molecule has 1 atom stereocenters. The van der Waals surface area contributed by atoms with Gasteiger partial charge in [0, 0.05) is 19.1 Å². The van der Waals surface area contributed by atoms with Crippen molar-refractivity contribution in [3.8, 4) is 0 Å². The van der Waals surface area contributed by atoms with Gasteiger partial charge in [-0.3, -0.25) is 4.79 Å². The predicted octanol–water partition coefficient (Wildman–Crippen LogP) is 0.433. The van der Waals surface area contributed by atoms with E-state index in [1.807, 2.05) is 11.9 Å². The molecule has 21 heavy (non-hydrogen) atoms. The van der Waals surface area contributed by atoms with E-state index in [2.05, 4.69) is 4.72 Å². The van der Waals surface area contributed by atoms with Crippen molar-refractivity contribution in [2.24, 2.45) is 11.7 Å². The van der Waals surface area contributed by atoms with Gasteiger partial charge in [-0.05, 0) is 50.9 Å². The molecule has 0 aromatic rings. The SMILES string of the molecule is CN(C(=O)C(N)C1CCC(NS(C)(=O)=O)CC1)C1CCC1. The van der Waals surface area contributed by atoms with Crippen LogP contribution in [0.15, 0.2) is 0 Å². The summed E-state index contributed by atoms with van der Waals surface area (Å²) in [5.74, 6) is 0.205. The highest BCUT2D eigenvalue weighted by Crippen LogP contribution is 2.29. The molecule has 0 aromatic heterocycles. The maximum atomic E-state index is 12.4. The third-order valence-corrected chi connectivity index (χ3v) is 5.68. The Bertz CT molecular complexity index is 468. The minimum absolute atomic E-state index is 0.0112. The fraction of sp³-hybridized carbons (Fsp3) is 0.929. The van der Waals surface area contributed by atoms with Crippen LogP contribution >= 0.6 is 0 Å². The molecule has 2 fully saturated rings. The van der Waals surface area contributed by atoms with Gasteiger partial charge in [0.1, 0.15) is 0 Å². The average Bonchev–Trinajstić information content (AvgIpc) is 2.34. The lowest BCUT2D eigenvalue weighted by Gasteiger charge is -2.38. The molecule has 6 nitrogen and oxygen atoms in total. The van der Waals surface area contributed by atoms with Crippen LogP contribution in [0.4, 0.5) is 0 Å². The van der Waals surface area contributed by atoms with E-state index in [-0.39, 0.29) is 17.9 Å². The lowest BCUT2D eigenvalue weighted by Crippen LogP contribution is -2.52. The van der Waals surface area contributed by atoms with Gasteiger partial charge in [-0.1, -0.05) is 0 Å². The molecule has 3 N–H and O–H groups in total. The molecule has 0 spiro atoms. The molecule has 2 aliphatic carbocycles. The molecule has 2 rings (SSSR count). The number of amides is 1. The molecule has 0 aliphatic heterocycles. The number of sulfonamides is 1. The molecule has 2 saturated carbocycles. The van der Waals surface area contributed by atoms with Crippen molar-refractivity contribution in [3.63, 3.8) is 0 Å². The molecule has 2 aliphatic rings. The van der Waals surface area contributed by atoms with E-state index in [1.54, 1.807) is 0 Å².